The van der Waals surface area contributed by atoms with Crippen molar-refractivity contribution in [2.75, 3.05) is 33.3 Å². The van der Waals surface area contributed by atoms with E-state index in [1.165, 1.54) is 17.1 Å². The molecule has 1 aromatic carbocycles. The Morgan fingerprint density at radius 3 is 2.27 bits per heavy atom. The van der Waals surface area contributed by atoms with Crippen molar-refractivity contribution >= 4 is 15.9 Å². The van der Waals surface area contributed by atoms with Crippen LogP contribution in [0, 0.1) is 5.92 Å². The van der Waals surface area contributed by atoms with Crippen molar-refractivity contribution in [3.63, 3.8) is 0 Å². The van der Waals surface area contributed by atoms with E-state index in [0.717, 1.165) is 38.8 Å². The minimum Gasteiger partial charge on any atom is -0.497 e. The summed E-state index contributed by atoms with van der Waals surface area (Å²) in [5.74, 6) is 0.521. The van der Waals surface area contributed by atoms with E-state index in [1.54, 1.807) is 31.4 Å². The summed E-state index contributed by atoms with van der Waals surface area (Å²) in [4.78, 5) is 15.1. The molecule has 2 fully saturated rings. The number of hydrogen-bond donors (Lipinski definition) is 0. The summed E-state index contributed by atoms with van der Waals surface area (Å²) in [7, 11) is -2.04. The number of hydrogen-bond acceptors (Lipinski definition) is 4. The molecular weight excluding hydrogens is 352 g/mol. The van der Waals surface area contributed by atoms with Crippen LogP contribution in [-0.2, 0) is 14.8 Å². The van der Waals surface area contributed by atoms with E-state index in [9.17, 15) is 13.2 Å². The highest BCUT2D eigenvalue weighted by atomic mass is 32.2. The summed E-state index contributed by atoms with van der Waals surface area (Å²) in [6.45, 7) is 2.36. The van der Waals surface area contributed by atoms with Crippen LogP contribution < -0.4 is 4.74 Å². The maximum absolute atomic E-state index is 12.9. The predicted octanol–water partition coefficient (Wildman–Crippen LogP) is 2.50. The Labute approximate surface area is 156 Å². The Balaban J connectivity index is 1.71. The molecule has 2 saturated heterocycles. The first-order chi connectivity index (χ1) is 12.5. The largest absolute Gasteiger partial charge is 0.497 e. The van der Waals surface area contributed by atoms with E-state index in [2.05, 4.69) is 0 Å². The van der Waals surface area contributed by atoms with Crippen molar-refractivity contribution in [2.24, 2.45) is 5.92 Å². The van der Waals surface area contributed by atoms with Crippen molar-refractivity contribution in [3.05, 3.63) is 24.3 Å². The molecule has 0 spiro atoms. The monoisotopic (exact) mass is 380 g/mol. The summed E-state index contributed by atoms with van der Waals surface area (Å²) in [6.07, 6.45) is 5.93. The van der Waals surface area contributed by atoms with Crippen molar-refractivity contribution in [1.29, 1.82) is 0 Å². The van der Waals surface area contributed by atoms with Crippen molar-refractivity contribution in [1.82, 2.24) is 9.21 Å². The summed E-state index contributed by atoms with van der Waals surface area (Å²) >= 11 is 0. The van der Waals surface area contributed by atoms with Gasteiger partial charge in [0, 0.05) is 26.2 Å². The topological polar surface area (TPSA) is 66.9 Å². The van der Waals surface area contributed by atoms with Gasteiger partial charge in [-0.2, -0.15) is 4.31 Å². The van der Waals surface area contributed by atoms with Crippen molar-refractivity contribution in [3.8, 4) is 5.75 Å². The van der Waals surface area contributed by atoms with E-state index in [-0.39, 0.29) is 23.3 Å². The van der Waals surface area contributed by atoms with Crippen LogP contribution in [0.25, 0.3) is 0 Å². The number of ether oxygens (including phenoxy) is 1. The average Bonchev–Trinajstić information content (AvgIpc) is 2.97. The van der Waals surface area contributed by atoms with Gasteiger partial charge in [0.25, 0.3) is 0 Å². The normalized spacial score (nSPS) is 22.7. The molecule has 0 saturated carbocycles. The molecule has 0 unspecified atom stereocenters. The number of likely N-dealkylation sites (tertiary alicyclic amines) is 1. The number of carbonyl (C=O) groups excluding carboxylic acids is 1. The van der Waals surface area contributed by atoms with Crippen LogP contribution in [0.4, 0.5) is 0 Å². The summed E-state index contributed by atoms with van der Waals surface area (Å²) in [6, 6.07) is 6.43. The van der Waals surface area contributed by atoms with Crippen LogP contribution >= 0.6 is 0 Å². The quantitative estimate of drug-likeness (QED) is 0.805. The first kappa shape index (κ1) is 19.2. The van der Waals surface area contributed by atoms with Crippen LogP contribution in [0.1, 0.15) is 38.5 Å². The van der Waals surface area contributed by atoms with Gasteiger partial charge in [-0.1, -0.05) is 12.8 Å². The van der Waals surface area contributed by atoms with Gasteiger partial charge in [-0.25, -0.2) is 8.42 Å². The lowest BCUT2D eigenvalue weighted by molar-refractivity contribution is -0.136. The zero-order valence-corrected chi connectivity index (χ0v) is 16.2. The van der Waals surface area contributed by atoms with Crippen molar-refractivity contribution < 1.29 is 17.9 Å². The minimum atomic E-state index is -3.58. The van der Waals surface area contributed by atoms with E-state index in [0.29, 0.717) is 12.3 Å². The molecule has 2 heterocycles. The fraction of sp³-hybridized carbons (Fsp3) is 0.632. The Hall–Kier alpha value is -1.60. The van der Waals surface area contributed by atoms with E-state index >= 15 is 0 Å². The molecule has 26 heavy (non-hydrogen) atoms. The van der Waals surface area contributed by atoms with Gasteiger partial charge in [0.05, 0.1) is 17.9 Å². The highest BCUT2D eigenvalue weighted by molar-refractivity contribution is 7.89. The Kier molecular flexibility index (Phi) is 6.19. The van der Waals surface area contributed by atoms with E-state index in [1.807, 2.05) is 4.90 Å². The lowest BCUT2D eigenvalue weighted by atomic mass is 9.98. The molecule has 0 radical (unpaired) electrons. The van der Waals surface area contributed by atoms with Gasteiger partial charge in [0.15, 0.2) is 0 Å². The Morgan fingerprint density at radius 2 is 1.65 bits per heavy atom. The van der Waals surface area contributed by atoms with Gasteiger partial charge in [-0.15, -0.1) is 0 Å². The molecule has 1 atom stereocenters. The maximum atomic E-state index is 12.9. The van der Waals surface area contributed by atoms with Crippen LogP contribution in [0.2, 0.25) is 0 Å². The summed E-state index contributed by atoms with van der Waals surface area (Å²) in [5.41, 5.74) is 0. The first-order valence-corrected chi connectivity index (χ1v) is 10.9. The molecule has 0 aromatic heterocycles. The zero-order valence-electron chi connectivity index (χ0n) is 15.4. The zero-order chi connectivity index (χ0) is 18.6. The van der Waals surface area contributed by atoms with Crippen LogP contribution in [0.15, 0.2) is 29.2 Å². The predicted molar refractivity (Wildman–Crippen MR) is 99.5 cm³/mol. The van der Waals surface area contributed by atoms with Gasteiger partial charge in [0.1, 0.15) is 5.75 Å². The Morgan fingerprint density at radius 1 is 1.00 bits per heavy atom. The smallest absolute Gasteiger partial charge is 0.243 e. The first-order valence-electron chi connectivity index (χ1n) is 9.45. The second kappa shape index (κ2) is 8.39. The van der Waals surface area contributed by atoms with Gasteiger partial charge >= 0.3 is 0 Å². The average molecular weight is 381 g/mol. The lowest BCUT2D eigenvalue weighted by Gasteiger charge is -2.34. The second-order valence-corrected chi connectivity index (χ2v) is 9.06. The maximum Gasteiger partial charge on any atom is 0.243 e. The third-order valence-electron chi connectivity index (χ3n) is 5.35. The minimum absolute atomic E-state index is 0.126. The molecular formula is C19H28N2O4S. The molecule has 0 bridgehead atoms. The standard InChI is InChI=1S/C19H28N2O4S/c1-25-17-8-10-18(11-9-17)26(23,24)21-14-6-7-16(15-21)19(22)20-12-4-2-3-5-13-20/h8-11,16H,2-7,12-15H2,1H3/t16-/m1/s1. The Bertz CT molecular complexity index is 710. The number of nitrogens with zero attached hydrogens (tertiary/aromatic N) is 2. The molecule has 0 aliphatic carbocycles. The fourth-order valence-corrected chi connectivity index (χ4v) is 5.33. The molecule has 2 aliphatic rings. The van der Waals surface area contributed by atoms with Gasteiger partial charge in [0.2, 0.25) is 15.9 Å². The molecule has 7 heteroatoms. The molecule has 6 nitrogen and oxygen atoms in total. The number of methoxy groups -OCH3 is 1. The number of carbonyl (C=O) groups is 1. The van der Waals surface area contributed by atoms with Crippen LogP contribution in [0.3, 0.4) is 0 Å². The second-order valence-electron chi connectivity index (χ2n) is 7.12. The highest BCUT2D eigenvalue weighted by Gasteiger charge is 2.35. The summed E-state index contributed by atoms with van der Waals surface area (Å²) < 4.78 is 32.5. The lowest BCUT2D eigenvalue weighted by Crippen LogP contribution is -2.46. The third kappa shape index (κ3) is 4.20. The molecule has 0 N–H and O–H groups in total. The van der Waals surface area contributed by atoms with Crippen LogP contribution in [-0.4, -0.2) is 56.8 Å². The molecule has 144 valence electrons. The fourth-order valence-electron chi connectivity index (χ4n) is 3.81. The van der Waals surface area contributed by atoms with Gasteiger partial charge < -0.3 is 9.64 Å². The molecule has 2 aliphatic heterocycles. The summed E-state index contributed by atoms with van der Waals surface area (Å²) in [5, 5.41) is 0. The highest BCUT2D eigenvalue weighted by Crippen LogP contribution is 2.26. The number of piperidine rings is 1. The number of sulfonamides is 1. The third-order valence-corrected chi connectivity index (χ3v) is 7.23. The number of amides is 1. The number of benzene rings is 1. The van der Waals surface area contributed by atoms with E-state index in [4.69, 9.17) is 4.74 Å². The molecule has 1 aromatic rings. The molecule has 3 rings (SSSR count). The van der Waals surface area contributed by atoms with E-state index < -0.39 is 10.0 Å². The van der Waals surface area contributed by atoms with Crippen molar-refractivity contribution in [2.45, 2.75) is 43.4 Å². The van der Waals surface area contributed by atoms with Crippen LogP contribution in [0.5, 0.6) is 5.75 Å². The van der Waals surface area contributed by atoms with Gasteiger partial charge in [-0.05, 0) is 49.9 Å². The number of rotatable bonds is 4. The SMILES string of the molecule is COc1ccc(S(=O)(=O)N2CCC[C@@H](C(=O)N3CCCCCC3)C2)cc1. The molecule has 1 amide bonds. The van der Waals surface area contributed by atoms with Gasteiger partial charge in [-0.3, -0.25) is 4.79 Å².